The van der Waals surface area contributed by atoms with Gasteiger partial charge in [0.1, 0.15) is 0 Å². The maximum atomic E-state index is 13.3. The van der Waals surface area contributed by atoms with Crippen LogP contribution in [-0.4, -0.2) is 20.7 Å². The van der Waals surface area contributed by atoms with E-state index < -0.39 is 0 Å². The highest BCUT2D eigenvalue weighted by Crippen LogP contribution is 2.32. The van der Waals surface area contributed by atoms with Crippen molar-refractivity contribution in [2.45, 2.75) is 0 Å². The molecule has 0 bridgehead atoms. The summed E-state index contributed by atoms with van der Waals surface area (Å²) in [7, 11) is 0. The fourth-order valence-electron chi connectivity index (χ4n) is 3.54. The van der Waals surface area contributed by atoms with E-state index in [1.54, 1.807) is 12.1 Å². The quantitative estimate of drug-likeness (QED) is 0.300. The average Bonchev–Trinajstić information content (AvgIpc) is 2.90. The van der Waals surface area contributed by atoms with Gasteiger partial charge in [0, 0.05) is 22.5 Å². The van der Waals surface area contributed by atoms with Gasteiger partial charge >= 0.3 is 0 Å². The first-order valence-corrected chi connectivity index (χ1v) is 10.6. The highest BCUT2D eigenvalue weighted by Gasteiger charge is 2.21. The molecule has 0 amide bonds. The van der Waals surface area contributed by atoms with Gasteiger partial charge in [-0.05, 0) is 24.3 Å². The normalized spacial score (nSPS) is 10.5. The fourth-order valence-corrected chi connectivity index (χ4v) is 3.54. The van der Waals surface area contributed by atoms with Crippen LogP contribution < -0.4 is 4.90 Å². The van der Waals surface area contributed by atoms with Crippen molar-refractivity contribution in [1.29, 1.82) is 0 Å². The summed E-state index contributed by atoms with van der Waals surface area (Å²) in [5, 5.41) is 0. The lowest BCUT2D eigenvalue weighted by molar-refractivity contribution is 0.102. The molecule has 0 saturated carbocycles. The minimum atomic E-state index is -0.252. The number of hydrogen-bond donors (Lipinski definition) is 0. The van der Waals surface area contributed by atoms with E-state index in [2.05, 4.69) is 9.97 Å². The van der Waals surface area contributed by atoms with Gasteiger partial charge in [-0.1, -0.05) is 97.1 Å². The van der Waals surface area contributed by atoms with Crippen LogP contribution in [0.15, 0.2) is 121 Å². The second kappa shape index (κ2) is 9.24. The third-order valence-electron chi connectivity index (χ3n) is 5.12. The minimum Gasteiger partial charge on any atom is -0.285 e. The van der Waals surface area contributed by atoms with Crippen molar-refractivity contribution in [2.75, 3.05) is 4.90 Å². The van der Waals surface area contributed by atoms with E-state index in [1.807, 2.05) is 114 Å². The standard InChI is InChI=1S/C28H20N4O/c33-25(21-13-5-1-6-14-21)27-29-26(22-15-7-2-8-16-22)30-28(31-27)32(23-17-9-3-10-18-23)24-19-11-4-12-20-24/h1-20H. The topological polar surface area (TPSA) is 59.0 Å². The number of rotatable bonds is 6. The molecule has 5 nitrogen and oxygen atoms in total. The lowest BCUT2D eigenvalue weighted by atomic mass is 10.1. The average molecular weight is 428 g/mol. The number of hydrogen-bond acceptors (Lipinski definition) is 5. The van der Waals surface area contributed by atoms with E-state index in [0.29, 0.717) is 17.3 Å². The van der Waals surface area contributed by atoms with Gasteiger partial charge in [0.2, 0.25) is 17.6 Å². The van der Waals surface area contributed by atoms with Crippen LogP contribution in [0.25, 0.3) is 11.4 Å². The van der Waals surface area contributed by atoms with Crippen LogP contribution in [0.3, 0.4) is 0 Å². The molecule has 5 rings (SSSR count). The number of nitrogens with zero attached hydrogens (tertiary/aromatic N) is 4. The maximum Gasteiger partial charge on any atom is 0.238 e. The molecule has 4 aromatic carbocycles. The highest BCUT2D eigenvalue weighted by atomic mass is 16.1. The van der Waals surface area contributed by atoms with Crippen LogP contribution >= 0.6 is 0 Å². The molecule has 0 aliphatic heterocycles. The van der Waals surface area contributed by atoms with Crippen molar-refractivity contribution in [3.8, 4) is 11.4 Å². The largest absolute Gasteiger partial charge is 0.285 e. The van der Waals surface area contributed by atoms with E-state index in [-0.39, 0.29) is 11.6 Å². The van der Waals surface area contributed by atoms with Crippen LogP contribution in [0.2, 0.25) is 0 Å². The van der Waals surface area contributed by atoms with E-state index in [4.69, 9.17) is 4.98 Å². The van der Waals surface area contributed by atoms with Crippen molar-refractivity contribution >= 4 is 23.1 Å². The number of para-hydroxylation sites is 2. The Morgan fingerprint density at radius 3 is 1.58 bits per heavy atom. The number of anilines is 3. The summed E-state index contributed by atoms with van der Waals surface area (Å²) in [5.74, 6) is 0.664. The molecule has 0 radical (unpaired) electrons. The number of aromatic nitrogens is 3. The SMILES string of the molecule is O=C(c1ccccc1)c1nc(-c2ccccc2)nc(N(c2ccccc2)c2ccccc2)n1. The van der Waals surface area contributed by atoms with Gasteiger partial charge in [-0.3, -0.25) is 9.69 Å². The summed E-state index contributed by atoms with van der Waals surface area (Å²) in [5.41, 5.74) is 3.10. The predicted octanol–water partition coefficient (Wildman–Crippen LogP) is 6.24. The summed E-state index contributed by atoms with van der Waals surface area (Å²) in [6, 6.07) is 38.4. The Morgan fingerprint density at radius 2 is 1.03 bits per heavy atom. The van der Waals surface area contributed by atoms with E-state index in [9.17, 15) is 4.79 Å². The first-order valence-electron chi connectivity index (χ1n) is 10.6. The molecule has 0 spiro atoms. The van der Waals surface area contributed by atoms with Crippen LogP contribution in [0, 0.1) is 0 Å². The molecule has 0 atom stereocenters. The molecule has 1 aromatic heterocycles. The lowest BCUT2D eigenvalue weighted by Gasteiger charge is -2.23. The summed E-state index contributed by atoms with van der Waals surface area (Å²) in [6.07, 6.45) is 0. The molecule has 5 aromatic rings. The van der Waals surface area contributed by atoms with Crippen LogP contribution in [0.4, 0.5) is 17.3 Å². The van der Waals surface area contributed by atoms with Gasteiger partial charge in [0.15, 0.2) is 5.82 Å². The van der Waals surface area contributed by atoms with Gasteiger partial charge in [-0.25, -0.2) is 4.98 Å². The van der Waals surface area contributed by atoms with E-state index in [1.165, 1.54) is 0 Å². The molecule has 158 valence electrons. The van der Waals surface area contributed by atoms with Crippen LogP contribution in [-0.2, 0) is 0 Å². The lowest BCUT2D eigenvalue weighted by Crippen LogP contribution is -2.18. The molecule has 1 heterocycles. The first-order chi connectivity index (χ1) is 16.3. The monoisotopic (exact) mass is 428 g/mol. The Kier molecular flexibility index (Phi) is 5.68. The Bertz CT molecular complexity index is 1320. The summed E-state index contributed by atoms with van der Waals surface area (Å²) >= 11 is 0. The maximum absolute atomic E-state index is 13.3. The summed E-state index contributed by atoms with van der Waals surface area (Å²) in [6.45, 7) is 0. The summed E-state index contributed by atoms with van der Waals surface area (Å²) in [4.78, 5) is 29.2. The fraction of sp³-hybridized carbons (Fsp3) is 0. The molecule has 0 saturated heterocycles. The molecule has 0 aliphatic rings. The first kappa shape index (κ1) is 20.3. The number of carbonyl (C=O) groups excluding carboxylic acids is 1. The Labute approximate surface area is 192 Å². The smallest absolute Gasteiger partial charge is 0.238 e. The Hall–Kier alpha value is -4.64. The molecule has 33 heavy (non-hydrogen) atoms. The molecule has 0 aliphatic carbocycles. The van der Waals surface area contributed by atoms with Gasteiger partial charge in [0.25, 0.3) is 0 Å². The number of benzene rings is 4. The van der Waals surface area contributed by atoms with Crippen LogP contribution in [0.5, 0.6) is 0 Å². The predicted molar refractivity (Wildman–Crippen MR) is 130 cm³/mol. The van der Waals surface area contributed by atoms with Gasteiger partial charge in [0.05, 0.1) is 0 Å². The Balaban J connectivity index is 1.72. The van der Waals surface area contributed by atoms with Crippen LogP contribution in [0.1, 0.15) is 16.2 Å². The van der Waals surface area contributed by atoms with E-state index in [0.717, 1.165) is 16.9 Å². The second-order valence-electron chi connectivity index (χ2n) is 7.35. The van der Waals surface area contributed by atoms with Crippen molar-refractivity contribution in [3.05, 3.63) is 133 Å². The van der Waals surface area contributed by atoms with Gasteiger partial charge < -0.3 is 0 Å². The van der Waals surface area contributed by atoms with Crippen molar-refractivity contribution in [3.63, 3.8) is 0 Å². The molecule has 5 heteroatoms. The number of carbonyl (C=O) groups is 1. The van der Waals surface area contributed by atoms with Gasteiger partial charge in [-0.2, -0.15) is 9.97 Å². The zero-order valence-electron chi connectivity index (χ0n) is 17.7. The zero-order chi connectivity index (χ0) is 22.5. The van der Waals surface area contributed by atoms with Gasteiger partial charge in [-0.15, -0.1) is 0 Å². The Morgan fingerprint density at radius 1 is 0.545 bits per heavy atom. The molecular formula is C28H20N4O. The molecule has 0 N–H and O–H groups in total. The molecule has 0 unspecified atom stereocenters. The number of ketones is 1. The third-order valence-corrected chi connectivity index (χ3v) is 5.12. The van der Waals surface area contributed by atoms with Crippen molar-refractivity contribution < 1.29 is 4.79 Å². The van der Waals surface area contributed by atoms with Crippen molar-refractivity contribution in [2.24, 2.45) is 0 Å². The minimum absolute atomic E-state index is 0.0990. The highest BCUT2D eigenvalue weighted by molar-refractivity contribution is 6.06. The third kappa shape index (κ3) is 4.38. The molecule has 0 fully saturated rings. The summed E-state index contributed by atoms with van der Waals surface area (Å²) < 4.78 is 0. The van der Waals surface area contributed by atoms with E-state index >= 15 is 0 Å². The zero-order valence-corrected chi connectivity index (χ0v) is 17.7. The van der Waals surface area contributed by atoms with Crippen molar-refractivity contribution in [1.82, 2.24) is 15.0 Å². The molecular weight excluding hydrogens is 408 g/mol. The second-order valence-corrected chi connectivity index (χ2v) is 7.35.